The number of nitrogens with zero attached hydrogens (tertiary/aromatic N) is 3. The van der Waals surface area contributed by atoms with E-state index >= 15 is 0 Å². The average Bonchev–Trinajstić information content (AvgIpc) is 3.17. The Kier molecular flexibility index (Phi) is 3.49. The second-order valence-electron chi connectivity index (χ2n) is 5.84. The number of nitrogens with one attached hydrogen (secondary N) is 2. The number of aromatic amines is 2. The zero-order valence-corrected chi connectivity index (χ0v) is 13.3. The van der Waals surface area contributed by atoms with Crippen LogP contribution in [0, 0.1) is 6.92 Å². The summed E-state index contributed by atoms with van der Waals surface area (Å²) in [6.45, 7) is 2.12. The number of hydrogen-bond acceptors (Lipinski definition) is 3. The first-order chi connectivity index (χ1) is 11.7. The van der Waals surface area contributed by atoms with E-state index < -0.39 is 0 Å². The van der Waals surface area contributed by atoms with Crippen molar-refractivity contribution in [3.8, 4) is 5.82 Å². The molecule has 3 heterocycles. The number of hydrogen-bond donors (Lipinski definition) is 2. The molecule has 0 bridgehead atoms. The summed E-state index contributed by atoms with van der Waals surface area (Å²) in [6.07, 6.45) is 5.08. The van der Waals surface area contributed by atoms with Crippen LogP contribution in [0.25, 0.3) is 16.9 Å². The van der Waals surface area contributed by atoms with Crippen LogP contribution in [0.5, 0.6) is 0 Å². The molecule has 0 amide bonds. The number of H-pyrrole nitrogens is 2. The van der Waals surface area contributed by atoms with Gasteiger partial charge >= 0.3 is 5.69 Å². The molecule has 0 unspecified atom stereocenters. The summed E-state index contributed by atoms with van der Waals surface area (Å²) in [7, 11) is 0. The number of aromatic nitrogens is 5. The summed E-state index contributed by atoms with van der Waals surface area (Å²) in [5.74, 6) is 0.595. The largest absolute Gasteiger partial charge is 0.332 e. The van der Waals surface area contributed by atoms with E-state index in [-0.39, 0.29) is 5.69 Å². The molecular formula is C18H17N5O. The van der Waals surface area contributed by atoms with Crippen LogP contribution in [0.1, 0.15) is 16.8 Å². The quantitative estimate of drug-likeness (QED) is 0.606. The highest BCUT2D eigenvalue weighted by Gasteiger charge is 2.11. The molecule has 0 aliphatic carbocycles. The van der Waals surface area contributed by atoms with Crippen LogP contribution in [0.15, 0.2) is 53.6 Å². The van der Waals surface area contributed by atoms with Gasteiger partial charge < -0.3 is 4.98 Å². The minimum Gasteiger partial charge on any atom is -0.304 e. The predicted octanol–water partition coefficient (Wildman–Crippen LogP) is 2.53. The fourth-order valence-electron chi connectivity index (χ4n) is 2.94. The second kappa shape index (κ2) is 5.81. The van der Waals surface area contributed by atoms with Crippen LogP contribution < -0.4 is 5.69 Å². The molecule has 4 rings (SSSR count). The Labute approximate surface area is 138 Å². The smallest absolute Gasteiger partial charge is 0.304 e. The number of rotatable bonds is 4. The monoisotopic (exact) mass is 319 g/mol. The van der Waals surface area contributed by atoms with Crippen LogP contribution in [0.2, 0.25) is 0 Å². The van der Waals surface area contributed by atoms with Crippen molar-refractivity contribution in [2.75, 3.05) is 0 Å². The maximum atomic E-state index is 12.2. The second-order valence-corrected chi connectivity index (χ2v) is 5.84. The maximum Gasteiger partial charge on any atom is 0.332 e. The van der Waals surface area contributed by atoms with Gasteiger partial charge in [-0.05, 0) is 37.0 Å². The third kappa shape index (κ3) is 2.52. The highest BCUT2D eigenvalue weighted by atomic mass is 16.1. The SMILES string of the molecule is Cc1ccccc1CCc1cc(-n2c(=O)[nH]c3cnccc32)n[nH]1. The number of fused-ring (bicyclic) bond motifs is 1. The highest BCUT2D eigenvalue weighted by Crippen LogP contribution is 2.15. The Bertz CT molecular complexity index is 1060. The van der Waals surface area contributed by atoms with Crippen molar-refractivity contribution in [2.45, 2.75) is 19.8 Å². The molecule has 0 spiro atoms. The van der Waals surface area contributed by atoms with Crippen LogP contribution >= 0.6 is 0 Å². The fourth-order valence-corrected chi connectivity index (χ4v) is 2.94. The van der Waals surface area contributed by atoms with Crippen molar-refractivity contribution >= 4 is 11.0 Å². The third-order valence-electron chi connectivity index (χ3n) is 4.26. The van der Waals surface area contributed by atoms with E-state index in [0.29, 0.717) is 11.3 Å². The zero-order valence-electron chi connectivity index (χ0n) is 13.3. The Morgan fingerprint density at radius 3 is 2.92 bits per heavy atom. The normalized spacial score (nSPS) is 11.2. The predicted molar refractivity (Wildman–Crippen MR) is 92.4 cm³/mol. The van der Waals surface area contributed by atoms with Gasteiger partial charge in [0.25, 0.3) is 0 Å². The van der Waals surface area contributed by atoms with Gasteiger partial charge in [-0.1, -0.05) is 24.3 Å². The van der Waals surface area contributed by atoms with Gasteiger partial charge in [0, 0.05) is 18.0 Å². The zero-order chi connectivity index (χ0) is 16.5. The number of imidazole rings is 1. The van der Waals surface area contributed by atoms with Crippen molar-refractivity contribution in [3.05, 3.63) is 76.1 Å². The van der Waals surface area contributed by atoms with Gasteiger partial charge in [0.05, 0.1) is 17.2 Å². The molecule has 6 heteroatoms. The summed E-state index contributed by atoms with van der Waals surface area (Å²) >= 11 is 0. The standard InChI is InChI=1S/C18H17N5O/c1-12-4-2-3-5-13(12)6-7-14-10-17(22-21-14)23-16-8-9-19-11-15(16)20-18(23)24/h2-5,8-11H,6-7H2,1H3,(H,20,24)(H,21,22). The van der Waals surface area contributed by atoms with E-state index in [1.807, 2.05) is 12.1 Å². The van der Waals surface area contributed by atoms with E-state index in [4.69, 9.17) is 0 Å². The Morgan fingerprint density at radius 1 is 1.17 bits per heavy atom. The minimum absolute atomic E-state index is 0.213. The molecule has 0 saturated heterocycles. The minimum atomic E-state index is -0.213. The molecule has 0 aliphatic rings. The van der Waals surface area contributed by atoms with Gasteiger partial charge in [-0.25, -0.2) is 9.36 Å². The molecule has 0 atom stereocenters. The molecule has 2 N–H and O–H groups in total. The molecule has 4 aromatic rings. The van der Waals surface area contributed by atoms with Crippen LogP contribution in [0.4, 0.5) is 0 Å². The van der Waals surface area contributed by atoms with Crippen LogP contribution in [-0.4, -0.2) is 24.7 Å². The molecule has 3 aromatic heterocycles. The summed E-state index contributed by atoms with van der Waals surface area (Å²) in [6, 6.07) is 12.1. The highest BCUT2D eigenvalue weighted by molar-refractivity contribution is 5.75. The molecule has 1 aromatic carbocycles. The lowest BCUT2D eigenvalue weighted by atomic mass is 10.0. The molecule has 0 aliphatic heterocycles. The van der Waals surface area contributed by atoms with Gasteiger partial charge in [-0.15, -0.1) is 0 Å². The van der Waals surface area contributed by atoms with Gasteiger partial charge in [-0.2, -0.15) is 5.10 Å². The first kappa shape index (κ1) is 14.4. The topological polar surface area (TPSA) is 79.4 Å². The van der Waals surface area contributed by atoms with Gasteiger partial charge in [-0.3, -0.25) is 10.1 Å². The van der Waals surface area contributed by atoms with Crippen molar-refractivity contribution in [1.82, 2.24) is 24.7 Å². The molecule has 24 heavy (non-hydrogen) atoms. The Hall–Kier alpha value is -3.15. The van der Waals surface area contributed by atoms with Gasteiger partial charge in [0.2, 0.25) is 0 Å². The molecule has 6 nitrogen and oxygen atoms in total. The van der Waals surface area contributed by atoms with Crippen molar-refractivity contribution in [2.24, 2.45) is 0 Å². The molecule has 120 valence electrons. The van der Waals surface area contributed by atoms with E-state index in [0.717, 1.165) is 24.1 Å². The number of benzene rings is 1. The van der Waals surface area contributed by atoms with E-state index in [1.165, 1.54) is 11.1 Å². The van der Waals surface area contributed by atoms with Crippen molar-refractivity contribution in [1.29, 1.82) is 0 Å². The van der Waals surface area contributed by atoms with E-state index in [9.17, 15) is 4.79 Å². The summed E-state index contributed by atoms with van der Waals surface area (Å²) in [5, 5.41) is 7.34. The Balaban J connectivity index is 1.62. The summed E-state index contributed by atoms with van der Waals surface area (Å²) < 4.78 is 1.56. The van der Waals surface area contributed by atoms with Crippen LogP contribution in [-0.2, 0) is 12.8 Å². The van der Waals surface area contributed by atoms with Gasteiger partial charge in [0.15, 0.2) is 5.82 Å². The van der Waals surface area contributed by atoms with E-state index in [1.54, 1.807) is 23.0 Å². The summed E-state index contributed by atoms with van der Waals surface area (Å²) in [5.41, 5.74) is 4.87. The lowest BCUT2D eigenvalue weighted by molar-refractivity contribution is 0.877. The molecule has 0 fully saturated rings. The van der Waals surface area contributed by atoms with Crippen molar-refractivity contribution < 1.29 is 0 Å². The van der Waals surface area contributed by atoms with Crippen molar-refractivity contribution in [3.63, 3.8) is 0 Å². The molecule has 0 radical (unpaired) electrons. The fraction of sp³-hybridized carbons (Fsp3) is 0.167. The number of aryl methyl sites for hydroxylation is 3. The average molecular weight is 319 g/mol. The first-order valence-corrected chi connectivity index (χ1v) is 7.86. The first-order valence-electron chi connectivity index (χ1n) is 7.86. The third-order valence-corrected chi connectivity index (χ3v) is 4.26. The lowest BCUT2D eigenvalue weighted by Crippen LogP contribution is -2.14. The molecule has 0 saturated carbocycles. The van der Waals surface area contributed by atoms with Gasteiger partial charge in [0.1, 0.15) is 0 Å². The lowest BCUT2D eigenvalue weighted by Gasteiger charge is -2.03. The van der Waals surface area contributed by atoms with Crippen LogP contribution in [0.3, 0.4) is 0 Å². The number of pyridine rings is 1. The van der Waals surface area contributed by atoms with E-state index in [2.05, 4.69) is 45.3 Å². The maximum absolute atomic E-state index is 12.2. The molecular weight excluding hydrogens is 302 g/mol. The Morgan fingerprint density at radius 2 is 2.04 bits per heavy atom. The summed E-state index contributed by atoms with van der Waals surface area (Å²) in [4.78, 5) is 19.0.